The number of halogens is 1. The van der Waals surface area contributed by atoms with E-state index in [2.05, 4.69) is 10.6 Å². The van der Waals surface area contributed by atoms with E-state index in [0.29, 0.717) is 18.5 Å². The fourth-order valence-corrected chi connectivity index (χ4v) is 2.56. The van der Waals surface area contributed by atoms with E-state index in [4.69, 9.17) is 0 Å². The molecule has 5 heteroatoms. The van der Waals surface area contributed by atoms with Crippen molar-refractivity contribution in [1.82, 2.24) is 0 Å². The Morgan fingerprint density at radius 1 is 0.958 bits per heavy atom. The molecule has 0 atom stereocenters. The number of carbonyl (C=O) groups excluding carboxylic acids is 2. The lowest BCUT2D eigenvalue weighted by Gasteiger charge is -2.16. The van der Waals surface area contributed by atoms with E-state index < -0.39 is 17.1 Å². The minimum absolute atomic E-state index is 0.0905. The number of anilines is 2. The molecule has 24 heavy (non-hydrogen) atoms. The molecule has 0 bridgehead atoms. The maximum Gasteiger partial charge on any atom is 0.240 e. The first-order valence-electron chi connectivity index (χ1n) is 7.87. The van der Waals surface area contributed by atoms with Gasteiger partial charge in [0.15, 0.2) is 0 Å². The Labute approximate surface area is 140 Å². The zero-order valence-electron chi connectivity index (χ0n) is 13.7. The predicted molar refractivity (Wildman–Crippen MR) is 91.2 cm³/mol. The van der Waals surface area contributed by atoms with Crippen molar-refractivity contribution in [3.05, 3.63) is 59.4 Å². The summed E-state index contributed by atoms with van der Waals surface area (Å²) < 4.78 is 13.7. The number of benzene rings is 2. The molecule has 124 valence electrons. The Morgan fingerprint density at radius 2 is 1.62 bits per heavy atom. The second-order valence-electron chi connectivity index (χ2n) is 6.27. The highest BCUT2D eigenvalue weighted by molar-refractivity contribution is 6.16. The van der Waals surface area contributed by atoms with Gasteiger partial charge in [0.05, 0.1) is 5.69 Å². The molecule has 2 N–H and O–H groups in total. The van der Waals surface area contributed by atoms with Gasteiger partial charge in [0, 0.05) is 5.69 Å². The summed E-state index contributed by atoms with van der Waals surface area (Å²) in [6.45, 7) is 3.95. The van der Waals surface area contributed by atoms with E-state index in [1.165, 1.54) is 12.1 Å². The molecule has 1 saturated carbocycles. The number of amides is 2. The maximum atomic E-state index is 13.7. The fraction of sp³-hybridized carbons (Fsp3) is 0.263. The van der Waals surface area contributed by atoms with Gasteiger partial charge in [-0.05, 0) is 62.1 Å². The summed E-state index contributed by atoms with van der Waals surface area (Å²) in [6, 6.07) is 11.5. The fourth-order valence-electron chi connectivity index (χ4n) is 2.56. The summed E-state index contributed by atoms with van der Waals surface area (Å²) in [5, 5.41) is 5.33. The van der Waals surface area contributed by atoms with Crippen molar-refractivity contribution in [2.75, 3.05) is 10.6 Å². The van der Waals surface area contributed by atoms with Gasteiger partial charge in [0.1, 0.15) is 11.2 Å². The highest BCUT2D eigenvalue weighted by Gasteiger charge is 2.56. The number of nitrogens with one attached hydrogen (secondary N) is 2. The third-order valence-corrected chi connectivity index (χ3v) is 4.51. The number of carbonyl (C=O) groups is 2. The molecule has 0 unspecified atom stereocenters. The van der Waals surface area contributed by atoms with Crippen molar-refractivity contribution >= 4 is 23.2 Å². The summed E-state index contributed by atoms with van der Waals surface area (Å²) in [4.78, 5) is 25.0. The molecule has 2 aromatic rings. The van der Waals surface area contributed by atoms with Crippen LogP contribution in [-0.4, -0.2) is 11.8 Å². The quantitative estimate of drug-likeness (QED) is 0.840. The van der Waals surface area contributed by atoms with Crippen LogP contribution >= 0.6 is 0 Å². The van der Waals surface area contributed by atoms with Gasteiger partial charge in [0.2, 0.25) is 11.8 Å². The molecular weight excluding hydrogens is 307 g/mol. The largest absolute Gasteiger partial charge is 0.325 e. The highest BCUT2D eigenvalue weighted by Crippen LogP contribution is 2.47. The van der Waals surface area contributed by atoms with Gasteiger partial charge in [0.25, 0.3) is 0 Å². The first-order chi connectivity index (χ1) is 11.4. The van der Waals surface area contributed by atoms with Gasteiger partial charge in [-0.25, -0.2) is 4.39 Å². The lowest BCUT2D eigenvalue weighted by molar-refractivity contribution is -0.131. The molecule has 0 radical (unpaired) electrons. The van der Waals surface area contributed by atoms with Crippen LogP contribution in [-0.2, 0) is 9.59 Å². The molecule has 4 nitrogen and oxygen atoms in total. The summed E-state index contributed by atoms with van der Waals surface area (Å²) >= 11 is 0. The van der Waals surface area contributed by atoms with Crippen molar-refractivity contribution < 1.29 is 14.0 Å². The third-order valence-electron chi connectivity index (χ3n) is 4.51. The Balaban J connectivity index is 1.73. The third kappa shape index (κ3) is 3.02. The van der Waals surface area contributed by atoms with Crippen LogP contribution in [0.2, 0.25) is 0 Å². The van der Waals surface area contributed by atoms with Gasteiger partial charge >= 0.3 is 0 Å². The lowest BCUT2D eigenvalue weighted by atomic mass is 10.0. The lowest BCUT2D eigenvalue weighted by Crippen LogP contribution is -2.35. The summed E-state index contributed by atoms with van der Waals surface area (Å²) in [7, 11) is 0. The van der Waals surface area contributed by atoms with E-state index in [-0.39, 0.29) is 11.6 Å². The molecule has 2 aromatic carbocycles. The summed E-state index contributed by atoms with van der Waals surface area (Å²) in [6.07, 6.45) is 0.925. The Kier molecular flexibility index (Phi) is 4.09. The standard InChI is InChI=1S/C19H19FN2O2/c1-12-7-8-14(11-13(12)2)21-17(23)19(9-10-19)18(24)22-16-6-4-3-5-15(16)20/h3-8,11H,9-10H2,1-2H3,(H,21,23)(H,22,24). The van der Waals surface area contributed by atoms with Crippen LogP contribution in [0.5, 0.6) is 0 Å². The van der Waals surface area contributed by atoms with Gasteiger partial charge in [-0.1, -0.05) is 18.2 Å². The molecule has 0 heterocycles. The molecule has 0 aliphatic heterocycles. The van der Waals surface area contributed by atoms with Gasteiger partial charge in [-0.2, -0.15) is 0 Å². The molecule has 2 amide bonds. The van der Waals surface area contributed by atoms with E-state index in [1.807, 2.05) is 32.0 Å². The number of rotatable bonds is 4. The van der Waals surface area contributed by atoms with Crippen LogP contribution in [0.15, 0.2) is 42.5 Å². The molecular formula is C19H19FN2O2. The second-order valence-corrected chi connectivity index (χ2v) is 6.27. The van der Waals surface area contributed by atoms with Crippen molar-refractivity contribution in [2.24, 2.45) is 5.41 Å². The number of para-hydroxylation sites is 1. The first kappa shape index (κ1) is 16.2. The average Bonchev–Trinajstić information content (AvgIpc) is 3.35. The minimum atomic E-state index is -1.11. The first-order valence-corrected chi connectivity index (χ1v) is 7.87. The normalized spacial score (nSPS) is 14.8. The Hall–Kier alpha value is -2.69. The monoisotopic (exact) mass is 326 g/mol. The topological polar surface area (TPSA) is 58.2 Å². The molecule has 3 rings (SSSR count). The van der Waals surface area contributed by atoms with Gasteiger partial charge < -0.3 is 10.6 Å². The smallest absolute Gasteiger partial charge is 0.240 e. The summed E-state index contributed by atoms with van der Waals surface area (Å²) in [5.41, 5.74) is 1.84. The van der Waals surface area contributed by atoms with E-state index in [0.717, 1.165) is 11.1 Å². The molecule has 0 saturated heterocycles. The molecule has 1 fully saturated rings. The van der Waals surface area contributed by atoms with Crippen molar-refractivity contribution in [1.29, 1.82) is 0 Å². The maximum absolute atomic E-state index is 13.7. The zero-order chi connectivity index (χ0) is 17.3. The van der Waals surface area contributed by atoms with Crippen molar-refractivity contribution in [3.8, 4) is 0 Å². The molecule has 1 aliphatic rings. The Bertz CT molecular complexity index is 813. The SMILES string of the molecule is Cc1ccc(NC(=O)C2(C(=O)Nc3ccccc3F)CC2)cc1C. The van der Waals surface area contributed by atoms with Crippen LogP contribution in [0.3, 0.4) is 0 Å². The van der Waals surface area contributed by atoms with Crippen LogP contribution in [0.25, 0.3) is 0 Å². The van der Waals surface area contributed by atoms with E-state index >= 15 is 0 Å². The minimum Gasteiger partial charge on any atom is -0.325 e. The van der Waals surface area contributed by atoms with Crippen LogP contribution in [0.4, 0.5) is 15.8 Å². The van der Waals surface area contributed by atoms with E-state index in [1.54, 1.807) is 12.1 Å². The molecule has 0 spiro atoms. The average molecular weight is 326 g/mol. The molecule has 0 aromatic heterocycles. The summed E-state index contributed by atoms with van der Waals surface area (Å²) in [5.74, 6) is -1.33. The predicted octanol–water partition coefficient (Wildman–Crippen LogP) is 3.80. The zero-order valence-corrected chi connectivity index (χ0v) is 13.7. The Morgan fingerprint density at radius 3 is 2.25 bits per heavy atom. The van der Waals surface area contributed by atoms with Crippen LogP contribution < -0.4 is 10.6 Å². The number of hydrogen-bond acceptors (Lipinski definition) is 2. The van der Waals surface area contributed by atoms with Crippen LogP contribution in [0.1, 0.15) is 24.0 Å². The van der Waals surface area contributed by atoms with Gasteiger partial charge in [-0.3, -0.25) is 9.59 Å². The van der Waals surface area contributed by atoms with Crippen LogP contribution in [0, 0.1) is 25.1 Å². The molecule has 1 aliphatic carbocycles. The number of hydrogen-bond donors (Lipinski definition) is 2. The van der Waals surface area contributed by atoms with Crippen molar-refractivity contribution in [2.45, 2.75) is 26.7 Å². The van der Waals surface area contributed by atoms with E-state index in [9.17, 15) is 14.0 Å². The highest BCUT2D eigenvalue weighted by atomic mass is 19.1. The number of aryl methyl sites for hydroxylation is 2. The second kappa shape index (κ2) is 6.07. The van der Waals surface area contributed by atoms with Crippen molar-refractivity contribution in [3.63, 3.8) is 0 Å². The van der Waals surface area contributed by atoms with Gasteiger partial charge in [-0.15, -0.1) is 0 Å².